The second-order valence-corrected chi connectivity index (χ2v) is 5.63. The average Bonchev–Trinajstić information content (AvgIpc) is 2.80. The molecule has 1 atom stereocenters. The van der Waals surface area contributed by atoms with Crippen molar-refractivity contribution in [3.05, 3.63) is 28.0 Å². The van der Waals surface area contributed by atoms with Crippen LogP contribution in [0.15, 0.2) is 16.6 Å². The molecule has 1 aliphatic rings. The van der Waals surface area contributed by atoms with E-state index in [0.717, 1.165) is 39.9 Å². The van der Waals surface area contributed by atoms with Gasteiger partial charge in [0.15, 0.2) is 0 Å². The molecule has 3 rings (SSSR count). The first-order valence-corrected chi connectivity index (χ1v) is 6.71. The van der Waals surface area contributed by atoms with Crippen LogP contribution in [-0.2, 0) is 11.3 Å². The topological polar surface area (TPSA) is 58.0 Å². The van der Waals surface area contributed by atoms with Crippen LogP contribution in [0.3, 0.4) is 0 Å². The summed E-state index contributed by atoms with van der Waals surface area (Å²) < 4.78 is 3.16. The second kappa shape index (κ2) is 4.09. The lowest BCUT2D eigenvalue weighted by Gasteiger charge is -2.07. The molecule has 0 amide bonds. The number of imidazole rings is 1. The molecule has 0 saturated heterocycles. The van der Waals surface area contributed by atoms with Crippen LogP contribution in [-0.4, -0.2) is 15.5 Å². The molecular formula is C13H12BrN2O2-. The summed E-state index contributed by atoms with van der Waals surface area (Å²) in [5.41, 5.74) is 3.17. The first-order chi connectivity index (χ1) is 8.56. The summed E-state index contributed by atoms with van der Waals surface area (Å²) in [6, 6.07) is 4.09. The third-order valence-corrected chi connectivity index (χ3v) is 4.39. The van der Waals surface area contributed by atoms with Crippen molar-refractivity contribution in [2.45, 2.75) is 32.2 Å². The number of halogens is 1. The zero-order valence-corrected chi connectivity index (χ0v) is 11.5. The molecule has 4 nitrogen and oxygen atoms in total. The fourth-order valence-electron chi connectivity index (χ4n) is 2.62. The third kappa shape index (κ3) is 1.73. The van der Waals surface area contributed by atoms with Gasteiger partial charge in [0, 0.05) is 22.9 Å². The van der Waals surface area contributed by atoms with Crippen molar-refractivity contribution < 1.29 is 9.90 Å². The molecule has 1 unspecified atom stereocenters. The Morgan fingerprint density at radius 3 is 3.11 bits per heavy atom. The van der Waals surface area contributed by atoms with E-state index >= 15 is 0 Å². The summed E-state index contributed by atoms with van der Waals surface area (Å²) in [7, 11) is 0. The fourth-order valence-corrected chi connectivity index (χ4v) is 2.96. The van der Waals surface area contributed by atoms with Gasteiger partial charge in [-0.15, -0.1) is 0 Å². The maximum absolute atomic E-state index is 10.7. The van der Waals surface area contributed by atoms with Crippen LogP contribution in [0.4, 0.5) is 0 Å². The van der Waals surface area contributed by atoms with E-state index in [9.17, 15) is 9.90 Å². The molecule has 0 radical (unpaired) electrons. The quantitative estimate of drug-likeness (QED) is 0.849. The van der Waals surface area contributed by atoms with Gasteiger partial charge in [-0.05, 0) is 37.5 Å². The Morgan fingerprint density at radius 2 is 2.39 bits per heavy atom. The number of hydrogen-bond donors (Lipinski definition) is 0. The highest BCUT2D eigenvalue weighted by atomic mass is 79.9. The number of carboxylic acid groups (broad SMARTS) is 1. The van der Waals surface area contributed by atoms with Gasteiger partial charge in [-0.2, -0.15) is 0 Å². The van der Waals surface area contributed by atoms with Crippen molar-refractivity contribution in [3.63, 3.8) is 0 Å². The van der Waals surface area contributed by atoms with Crippen LogP contribution < -0.4 is 5.11 Å². The van der Waals surface area contributed by atoms with Crippen molar-refractivity contribution in [2.24, 2.45) is 0 Å². The smallest absolute Gasteiger partial charge is 0.113 e. The van der Waals surface area contributed by atoms with Crippen molar-refractivity contribution in [3.8, 4) is 0 Å². The Bertz CT molecular complexity index is 648. The molecular weight excluding hydrogens is 296 g/mol. The number of aryl methyl sites for hydroxylation is 2. The number of fused-ring (bicyclic) bond motifs is 3. The molecule has 5 heteroatoms. The Kier molecular flexibility index (Phi) is 2.66. The zero-order chi connectivity index (χ0) is 12.9. The maximum atomic E-state index is 10.7. The van der Waals surface area contributed by atoms with E-state index in [4.69, 9.17) is 0 Å². The van der Waals surface area contributed by atoms with E-state index in [1.165, 1.54) is 0 Å². The largest absolute Gasteiger partial charge is 0.550 e. The lowest BCUT2D eigenvalue weighted by Crippen LogP contribution is -2.24. The Hall–Kier alpha value is -1.36. The van der Waals surface area contributed by atoms with Crippen molar-refractivity contribution in [1.29, 1.82) is 0 Å². The minimum atomic E-state index is -1.00. The van der Waals surface area contributed by atoms with Crippen molar-refractivity contribution in [1.82, 2.24) is 9.55 Å². The molecule has 1 aliphatic heterocycles. The highest BCUT2D eigenvalue weighted by Gasteiger charge is 2.26. The normalized spacial score (nSPS) is 18.2. The molecule has 1 aromatic carbocycles. The number of carboxylic acids is 1. The van der Waals surface area contributed by atoms with Crippen LogP contribution in [0, 0.1) is 6.92 Å². The van der Waals surface area contributed by atoms with E-state index in [0.29, 0.717) is 0 Å². The van der Waals surface area contributed by atoms with E-state index in [-0.39, 0.29) is 12.3 Å². The predicted octanol–water partition coefficient (Wildman–Crippen LogP) is 1.73. The summed E-state index contributed by atoms with van der Waals surface area (Å²) in [5, 5.41) is 10.7. The average molecular weight is 308 g/mol. The van der Waals surface area contributed by atoms with Gasteiger partial charge in [-0.1, -0.05) is 15.9 Å². The molecule has 0 fully saturated rings. The third-order valence-electron chi connectivity index (χ3n) is 3.54. The van der Waals surface area contributed by atoms with Gasteiger partial charge in [0.2, 0.25) is 0 Å². The van der Waals surface area contributed by atoms with Gasteiger partial charge >= 0.3 is 0 Å². The monoisotopic (exact) mass is 307 g/mol. The number of carbonyl (C=O) groups is 1. The number of rotatable bonds is 2. The number of aliphatic carboxylic acids is 1. The minimum Gasteiger partial charge on any atom is -0.550 e. The Morgan fingerprint density at radius 1 is 1.61 bits per heavy atom. The number of hydrogen-bond acceptors (Lipinski definition) is 3. The summed E-state index contributed by atoms with van der Waals surface area (Å²) in [5.74, 6) is -0.133. The van der Waals surface area contributed by atoms with Gasteiger partial charge in [0.1, 0.15) is 5.82 Å². The minimum absolute atomic E-state index is 0.0125. The molecule has 18 heavy (non-hydrogen) atoms. The molecule has 0 N–H and O–H groups in total. The van der Waals surface area contributed by atoms with Gasteiger partial charge in [-0.3, -0.25) is 0 Å². The molecule has 0 spiro atoms. The van der Waals surface area contributed by atoms with E-state index in [2.05, 4.69) is 31.5 Å². The SMILES string of the molecule is Cc1cc2c(cc1Br)nc1n2CCC1CC(=O)[O-]. The first-order valence-electron chi connectivity index (χ1n) is 5.92. The fraction of sp³-hybridized carbons (Fsp3) is 0.385. The highest BCUT2D eigenvalue weighted by molar-refractivity contribution is 9.10. The molecule has 0 bridgehead atoms. The van der Waals surface area contributed by atoms with Gasteiger partial charge in [-0.25, -0.2) is 4.98 Å². The number of aromatic nitrogens is 2. The second-order valence-electron chi connectivity index (χ2n) is 4.77. The summed E-state index contributed by atoms with van der Waals surface area (Å²) in [6.07, 6.45) is 0.894. The Balaban J connectivity index is 2.12. The van der Waals surface area contributed by atoms with Crippen molar-refractivity contribution in [2.75, 3.05) is 0 Å². The van der Waals surface area contributed by atoms with Crippen LogP contribution in [0.5, 0.6) is 0 Å². The van der Waals surface area contributed by atoms with Crippen LogP contribution in [0.1, 0.15) is 30.1 Å². The lowest BCUT2D eigenvalue weighted by molar-refractivity contribution is -0.306. The zero-order valence-electron chi connectivity index (χ0n) is 9.94. The molecule has 2 heterocycles. The number of nitrogens with zero attached hydrogens (tertiary/aromatic N) is 2. The summed E-state index contributed by atoms with van der Waals surface area (Å²) in [4.78, 5) is 15.3. The molecule has 2 aromatic rings. The van der Waals surface area contributed by atoms with Gasteiger partial charge in [0.25, 0.3) is 0 Å². The molecule has 94 valence electrons. The Labute approximate surface area is 113 Å². The number of benzene rings is 1. The van der Waals surface area contributed by atoms with Gasteiger partial charge in [0.05, 0.1) is 11.0 Å². The molecule has 0 aliphatic carbocycles. The lowest BCUT2D eigenvalue weighted by atomic mass is 10.0. The maximum Gasteiger partial charge on any atom is 0.113 e. The van der Waals surface area contributed by atoms with Crippen molar-refractivity contribution >= 4 is 32.9 Å². The van der Waals surface area contributed by atoms with E-state index < -0.39 is 5.97 Å². The van der Waals surface area contributed by atoms with Crippen LogP contribution in [0.2, 0.25) is 0 Å². The van der Waals surface area contributed by atoms with E-state index in [1.54, 1.807) is 0 Å². The van der Waals surface area contributed by atoms with Gasteiger partial charge < -0.3 is 14.5 Å². The highest BCUT2D eigenvalue weighted by Crippen LogP contribution is 2.35. The number of carbonyl (C=O) groups excluding carboxylic acids is 1. The summed E-state index contributed by atoms with van der Waals surface area (Å²) in [6.45, 7) is 2.88. The predicted molar refractivity (Wildman–Crippen MR) is 69.2 cm³/mol. The standard InChI is InChI=1S/C13H13BrN2O2/c1-7-4-11-10(6-9(7)14)15-13-8(5-12(17)18)2-3-16(11)13/h4,6,8H,2-3,5H2,1H3,(H,17,18)/p-1. The molecule has 0 saturated carbocycles. The van der Waals surface area contributed by atoms with Crippen LogP contribution in [0.25, 0.3) is 11.0 Å². The first kappa shape index (κ1) is 11.7. The summed E-state index contributed by atoms with van der Waals surface area (Å²) >= 11 is 3.49. The van der Waals surface area contributed by atoms with Crippen LogP contribution >= 0.6 is 15.9 Å². The molecule has 1 aromatic heterocycles. The van der Waals surface area contributed by atoms with E-state index in [1.807, 2.05) is 13.0 Å².